The van der Waals surface area contributed by atoms with Crippen LogP contribution in [0.2, 0.25) is 0 Å². The van der Waals surface area contributed by atoms with Gasteiger partial charge < -0.3 is 14.0 Å². The van der Waals surface area contributed by atoms with Gasteiger partial charge in [0, 0.05) is 18.2 Å². The summed E-state index contributed by atoms with van der Waals surface area (Å²) in [5, 5.41) is 0. The van der Waals surface area contributed by atoms with Gasteiger partial charge in [-0.2, -0.15) is 0 Å². The number of hydrogen-bond acceptors (Lipinski definition) is 5. The topological polar surface area (TPSA) is 57.7 Å². The molecule has 0 amide bonds. The first kappa shape index (κ1) is 15.0. The van der Waals surface area contributed by atoms with Gasteiger partial charge in [0.05, 0.1) is 23.9 Å². The van der Waals surface area contributed by atoms with E-state index in [9.17, 15) is 4.79 Å². The third-order valence-corrected chi connectivity index (χ3v) is 3.92. The molecule has 2 heterocycles. The van der Waals surface area contributed by atoms with E-state index in [2.05, 4.69) is 9.72 Å². The summed E-state index contributed by atoms with van der Waals surface area (Å²) in [6.07, 6.45) is 2.06. The molecule has 0 atom stereocenters. The van der Waals surface area contributed by atoms with Crippen LogP contribution >= 0.6 is 0 Å². The van der Waals surface area contributed by atoms with Crippen molar-refractivity contribution in [3.05, 3.63) is 29.6 Å². The Labute approximate surface area is 119 Å². The predicted molar refractivity (Wildman–Crippen MR) is 75.4 cm³/mol. The van der Waals surface area contributed by atoms with E-state index in [0.717, 1.165) is 5.69 Å². The highest BCUT2D eigenvalue weighted by molar-refractivity contribution is 6.44. The van der Waals surface area contributed by atoms with E-state index in [1.165, 1.54) is 13.3 Å². The van der Waals surface area contributed by atoms with Gasteiger partial charge in [-0.05, 0) is 39.8 Å². The van der Waals surface area contributed by atoms with Gasteiger partial charge in [0.2, 0.25) is 0 Å². The molecule has 0 bridgehead atoms. The van der Waals surface area contributed by atoms with Crippen molar-refractivity contribution in [3.8, 4) is 0 Å². The maximum Gasteiger partial charge on any atom is 0.464 e. The number of nitrogens with zero attached hydrogens (tertiary/aromatic N) is 1. The van der Waals surface area contributed by atoms with Crippen LogP contribution in [0, 0.1) is 0 Å². The zero-order valence-corrected chi connectivity index (χ0v) is 12.6. The average Bonchev–Trinajstić information content (AvgIpc) is 2.57. The standard InChI is InChI=1S/C14H20BNO4/c1-13(2)14(3,4)20-15(19-13)8-11-7-6-10(9-16-11)12(17)18-5/h6-7,9H,8H2,1-5H3. The van der Waals surface area contributed by atoms with Crippen LogP contribution in [0.25, 0.3) is 0 Å². The molecule has 1 aromatic heterocycles. The fourth-order valence-electron chi connectivity index (χ4n) is 2.00. The van der Waals surface area contributed by atoms with Gasteiger partial charge >= 0.3 is 13.1 Å². The van der Waals surface area contributed by atoms with Crippen LogP contribution in [0.4, 0.5) is 0 Å². The Kier molecular flexibility index (Phi) is 3.89. The molecule has 1 aliphatic rings. The highest BCUT2D eigenvalue weighted by Crippen LogP contribution is 2.37. The van der Waals surface area contributed by atoms with Crippen molar-refractivity contribution < 1.29 is 18.8 Å². The maximum absolute atomic E-state index is 11.3. The second kappa shape index (κ2) is 5.18. The van der Waals surface area contributed by atoms with Gasteiger partial charge in [-0.15, -0.1) is 0 Å². The molecule has 108 valence electrons. The van der Waals surface area contributed by atoms with Gasteiger partial charge in [-0.3, -0.25) is 4.98 Å². The third-order valence-electron chi connectivity index (χ3n) is 3.92. The molecule has 0 aliphatic carbocycles. The van der Waals surface area contributed by atoms with Crippen LogP contribution in [0.15, 0.2) is 18.3 Å². The number of rotatable bonds is 3. The highest BCUT2D eigenvalue weighted by atomic mass is 16.7. The Balaban J connectivity index is 2.03. The largest absolute Gasteiger partial charge is 0.465 e. The lowest BCUT2D eigenvalue weighted by molar-refractivity contribution is 0.00578. The summed E-state index contributed by atoms with van der Waals surface area (Å²) in [6.45, 7) is 8.06. The molecule has 1 aromatic rings. The molecule has 1 saturated heterocycles. The minimum atomic E-state index is -0.389. The molecule has 2 rings (SSSR count). The van der Waals surface area contributed by atoms with Gasteiger partial charge in [0.25, 0.3) is 0 Å². The number of pyridine rings is 1. The van der Waals surface area contributed by atoms with Crippen molar-refractivity contribution in [1.29, 1.82) is 0 Å². The van der Waals surface area contributed by atoms with E-state index in [1.54, 1.807) is 12.1 Å². The zero-order valence-electron chi connectivity index (χ0n) is 12.6. The highest BCUT2D eigenvalue weighted by Gasteiger charge is 2.50. The van der Waals surface area contributed by atoms with Crippen LogP contribution in [-0.4, -0.2) is 36.4 Å². The molecule has 6 heteroatoms. The summed E-state index contributed by atoms with van der Waals surface area (Å²) in [5.41, 5.74) is 0.564. The fraction of sp³-hybridized carbons (Fsp3) is 0.571. The number of methoxy groups -OCH3 is 1. The molecule has 20 heavy (non-hydrogen) atoms. The first-order valence-corrected chi connectivity index (χ1v) is 6.64. The van der Waals surface area contributed by atoms with Crippen molar-refractivity contribution in [3.63, 3.8) is 0 Å². The number of hydrogen-bond donors (Lipinski definition) is 0. The summed E-state index contributed by atoms with van der Waals surface area (Å²) >= 11 is 0. The number of carbonyl (C=O) groups excluding carboxylic acids is 1. The lowest BCUT2D eigenvalue weighted by Crippen LogP contribution is -2.41. The monoisotopic (exact) mass is 277 g/mol. The van der Waals surface area contributed by atoms with Crippen molar-refractivity contribution >= 4 is 13.1 Å². The van der Waals surface area contributed by atoms with Crippen molar-refractivity contribution in [2.24, 2.45) is 0 Å². The summed E-state index contributed by atoms with van der Waals surface area (Å²) < 4.78 is 16.5. The van der Waals surface area contributed by atoms with Gasteiger partial charge in [0.15, 0.2) is 0 Å². The molecule has 5 nitrogen and oxygen atoms in total. The maximum atomic E-state index is 11.3. The first-order valence-electron chi connectivity index (χ1n) is 6.64. The molecular weight excluding hydrogens is 257 g/mol. The average molecular weight is 277 g/mol. The number of ether oxygens (including phenoxy) is 1. The van der Waals surface area contributed by atoms with E-state index < -0.39 is 0 Å². The molecule has 0 radical (unpaired) electrons. The number of aromatic nitrogens is 1. The van der Waals surface area contributed by atoms with Crippen LogP contribution in [-0.2, 0) is 20.4 Å². The third kappa shape index (κ3) is 2.86. The molecule has 1 fully saturated rings. The molecule has 0 N–H and O–H groups in total. The van der Waals surface area contributed by atoms with Gasteiger partial charge in [-0.1, -0.05) is 0 Å². The van der Waals surface area contributed by atoms with E-state index in [1.807, 2.05) is 27.7 Å². The Morgan fingerprint density at radius 2 is 1.85 bits per heavy atom. The lowest BCUT2D eigenvalue weighted by atomic mass is 9.83. The second-order valence-corrected chi connectivity index (χ2v) is 5.92. The first-order chi connectivity index (χ1) is 9.25. The molecule has 1 aliphatic heterocycles. The normalized spacial score (nSPS) is 19.9. The van der Waals surface area contributed by atoms with E-state index in [0.29, 0.717) is 11.9 Å². The van der Waals surface area contributed by atoms with Gasteiger partial charge in [-0.25, -0.2) is 4.79 Å². The summed E-state index contributed by atoms with van der Waals surface area (Å²) in [7, 11) is 1.03. The van der Waals surface area contributed by atoms with Crippen molar-refractivity contribution in [2.45, 2.75) is 45.2 Å². The Morgan fingerprint density at radius 1 is 1.25 bits per heavy atom. The van der Waals surface area contributed by atoms with Crippen LogP contribution in [0.5, 0.6) is 0 Å². The van der Waals surface area contributed by atoms with Crippen LogP contribution in [0.3, 0.4) is 0 Å². The van der Waals surface area contributed by atoms with E-state index in [4.69, 9.17) is 9.31 Å². The summed E-state index contributed by atoms with van der Waals surface area (Å²) in [4.78, 5) is 15.6. The molecular formula is C14H20BNO4. The second-order valence-electron chi connectivity index (χ2n) is 5.92. The van der Waals surface area contributed by atoms with Crippen LogP contribution in [0.1, 0.15) is 43.7 Å². The Hall–Kier alpha value is -1.40. The molecule has 0 saturated carbocycles. The number of carbonyl (C=O) groups is 1. The smallest absolute Gasteiger partial charge is 0.464 e. The fourth-order valence-corrected chi connectivity index (χ4v) is 2.00. The molecule has 0 unspecified atom stereocenters. The minimum Gasteiger partial charge on any atom is -0.465 e. The Bertz CT molecular complexity index is 482. The summed E-state index contributed by atoms with van der Waals surface area (Å²) in [5.74, 6) is -0.389. The molecule has 0 spiro atoms. The van der Waals surface area contributed by atoms with Crippen molar-refractivity contribution in [1.82, 2.24) is 4.98 Å². The predicted octanol–water partition coefficient (Wildman–Crippen LogP) is 2.04. The van der Waals surface area contributed by atoms with Crippen LogP contribution < -0.4 is 0 Å². The number of esters is 1. The Morgan fingerprint density at radius 3 is 2.30 bits per heavy atom. The van der Waals surface area contributed by atoms with Gasteiger partial charge in [0.1, 0.15) is 0 Å². The summed E-state index contributed by atoms with van der Waals surface area (Å²) in [6, 6.07) is 3.48. The zero-order chi connectivity index (χ0) is 15.0. The van der Waals surface area contributed by atoms with Crippen molar-refractivity contribution in [2.75, 3.05) is 7.11 Å². The van der Waals surface area contributed by atoms with E-state index in [-0.39, 0.29) is 24.3 Å². The minimum absolute atomic E-state index is 0.323. The SMILES string of the molecule is COC(=O)c1ccc(CB2OC(C)(C)C(C)(C)O2)nc1. The quantitative estimate of drug-likeness (QED) is 0.625. The molecule has 0 aromatic carbocycles. The lowest BCUT2D eigenvalue weighted by Gasteiger charge is -2.32. The van der Waals surface area contributed by atoms with E-state index >= 15 is 0 Å².